The van der Waals surface area contributed by atoms with Gasteiger partial charge in [-0.3, -0.25) is 4.98 Å². The van der Waals surface area contributed by atoms with Crippen molar-refractivity contribution < 1.29 is 4.74 Å². The molecule has 4 heteroatoms. The average molecular weight is 229 g/mol. The maximum Gasteiger partial charge on any atom is 0.119 e. The second-order valence-corrected chi connectivity index (χ2v) is 3.66. The van der Waals surface area contributed by atoms with E-state index in [1.807, 2.05) is 36.4 Å². The number of anilines is 2. The second kappa shape index (κ2) is 5.21. The zero-order valence-corrected chi connectivity index (χ0v) is 9.68. The molecule has 0 saturated carbocycles. The smallest absolute Gasteiger partial charge is 0.119 e. The Bertz CT molecular complexity index is 465. The van der Waals surface area contributed by atoms with Gasteiger partial charge in [-0.15, -0.1) is 0 Å². The second-order valence-electron chi connectivity index (χ2n) is 3.66. The van der Waals surface area contributed by atoms with E-state index in [1.54, 1.807) is 13.3 Å². The van der Waals surface area contributed by atoms with Crippen molar-refractivity contribution in [2.24, 2.45) is 0 Å². The Labute approximate surface area is 100 Å². The molecular formula is C13H15N3O. The maximum absolute atomic E-state index is 5.57. The summed E-state index contributed by atoms with van der Waals surface area (Å²) < 4.78 is 5.09. The van der Waals surface area contributed by atoms with Gasteiger partial charge in [0.05, 0.1) is 31.2 Å². The standard InChI is InChI=1S/C13H15N3O/c1-17-13-6-4-11(5-7-13)16-9-12-3-2-10(14)8-15-12/h2-8,16H,9,14H2,1H3. The number of benzene rings is 1. The van der Waals surface area contributed by atoms with E-state index in [0.717, 1.165) is 17.1 Å². The van der Waals surface area contributed by atoms with Crippen LogP contribution in [0.3, 0.4) is 0 Å². The Balaban J connectivity index is 1.95. The summed E-state index contributed by atoms with van der Waals surface area (Å²) in [5, 5.41) is 3.27. The molecule has 3 N–H and O–H groups in total. The first-order valence-corrected chi connectivity index (χ1v) is 5.36. The van der Waals surface area contributed by atoms with E-state index < -0.39 is 0 Å². The highest BCUT2D eigenvalue weighted by molar-refractivity contribution is 5.46. The molecule has 0 amide bonds. The molecule has 0 spiro atoms. The van der Waals surface area contributed by atoms with Gasteiger partial charge >= 0.3 is 0 Å². The Kier molecular flexibility index (Phi) is 3.45. The molecule has 0 fully saturated rings. The fourth-order valence-electron chi connectivity index (χ4n) is 1.44. The highest BCUT2D eigenvalue weighted by Crippen LogP contribution is 2.15. The summed E-state index contributed by atoms with van der Waals surface area (Å²) in [6, 6.07) is 11.5. The molecule has 1 aromatic carbocycles. The Morgan fingerprint density at radius 1 is 1.18 bits per heavy atom. The molecule has 0 bridgehead atoms. The lowest BCUT2D eigenvalue weighted by molar-refractivity contribution is 0.415. The molecule has 2 rings (SSSR count). The van der Waals surface area contributed by atoms with E-state index in [1.165, 1.54) is 0 Å². The molecular weight excluding hydrogens is 214 g/mol. The van der Waals surface area contributed by atoms with Crippen molar-refractivity contribution in [3.63, 3.8) is 0 Å². The van der Waals surface area contributed by atoms with Gasteiger partial charge in [0.2, 0.25) is 0 Å². The molecule has 0 saturated heterocycles. The number of methoxy groups -OCH3 is 1. The van der Waals surface area contributed by atoms with E-state index in [0.29, 0.717) is 12.2 Å². The molecule has 0 unspecified atom stereocenters. The summed E-state index contributed by atoms with van der Waals surface area (Å²) >= 11 is 0. The summed E-state index contributed by atoms with van der Waals surface area (Å²) in [7, 11) is 1.65. The largest absolute Gasteiger partial charge is 0.497 e. The van der Waals surface area contributed by atoms with Gasteiger partial charge < -0.3 is 15.8 Å². The molecule has 88 valence electrons. The highest BCUT2D eigenvalue weighted by atomic mass is 16.5. The van der Waals surface area contributed by atoms with Gasteiger partial charge in [0, 0.05) is 5.69 Å². The number of pyridine rings is 1. The molecule has 0 radical (unpaired) electrons. The van der Waals surface area contributed by atoms with Gasteiger partial charge in [0.15, 0.2) is 0 Å². The van der Waals surface area contributed by atoms with Crippen molar-refractivity contribution in [1.82, 2.24) is 4.98 Å². The molecule has 2 aromatic rings. The zero-order chi connectivity index (χ0) is 12.1. The van der Waals surface area contributed by atoms with E-state index in [4.69, 9.17) is 10.5 Å². The zero-order valence-electron chi connectivity index (χ0n) is 9.68. The first-order chi connectivity index (χ1) is 8.28. The minimum Gasteiger partial charge on any atom is -0.497 e. The van der Waals surface area contributed by atoms with Gasteiger partial charge in [-0.2, -0.15) is 0 Å². The van der Waals surface area contributed by atoms with Gasteiger partial charge in [-0.1, -0.05) is 0 Å². The third-order valence-corrected chi connectivity index (χ3v) is 2.41. The third-order valence-electron chi connectivity index (χ3n) is 2.41. The molecule has 0 aliphatic carbocycles. The molecule has 1 aromatic heterocycles. The number of nitrogens with two attached hydrogens (primary N) is 1. The van der Waals surface area contributed by atoms with Crippen molar-refractivity contribution >= 4 is 11.4 Å². The fraction of sp³-hybridized carbons (Fsp3) is 0.154. The van der Waals surface area contributed by atoms with Crippen LogP contribution in [-0.4, -0.2) is 12.1 Å². The first-order valence-electron chi connectivity index (χ1n) is 5.36. The number of nitrogens with zero attached hydrogens (tertiary/aromatic N) is 1. The van der Waals surface area contributed by atoms with Gasteiger partial charge in [-0.25, -0.2) is 0 Å². The van der Waals surface area contributed by atoms with Crippen LogP contribution in [0.2, 0.25) is 0 Å². The summed E-state index contributed by atoms with van der Waals surface area (Å²) in [6.45, 7) is 0.673. The van der Waals surface area contributed by atoms with Crippen LogP contribution in [0, 0.1) is 0 Å². The lowest BCUT2D eigenvalue weighted by Gasteiger charge is -2.07. The van der Waals surface area contributed by atoms with Crippen LogP contribution in [0.5, 0.6) is 5.75 Å². The van der Waals surface area contributed by atoms with Crippen LogP contribution in [0.1, 0.15) is 5.69 Å². The SMILES string of the molecule is COc1ccc(NCc2ccc(N)cn2)cc1. The number of aromatic nitrogens is 1. The molecule has 0 atom stereocenters. The monoisotopic (exact) mass is 229 g/mol. The van der Waals surface area contributed by atoms with Crippen LogP contribution in [-0.2, 0) is 6.54 Å². The summed E-state index contributed by atoms with van der Waals surface area (Å²) in [5.41, 5.74) is 8.23. The predicted molar refractivity (Wildman–Crippen MR) is 69.0 cm³/mol. The number of hydrogen-bond acceptors (Lipinski definition) is 4. The minimum atomic E-state index is 0.673. The number of ether oxygens (including phenoxy) is 1. The third kappa shape index (κ3) is 3.11. The molecule has 1 heterocycles. The summed E-state index contributed by atoms with van der Waals surface area (Å²) in [5.74, 6) is 0.848. The van der Waals surface area contributed by atoms with Crippen molar-refractivity contribution in [1.29, 1.82) is 0 Å². The summed E-state index contributed by atoms with van der Waals surface area (Å²) in [4.78, 5) is 4.21. The quantitative estimate of drug-likeness (QED) is 0.844. The van der Waals surface area contributed by atoms with Crippen LogP contribution in [0.25, 0.3) is 0 Å². The van der Waals surface area contributed by atoms with Crippen LogP contribution < -0.4 is 15.8 Å². The summed E-state index contributed by atoms with van der Waals surface area (Å²) in [6.07, 6.45) is 1.66. The lowest BCUT2D eigenvalue weighted by atomic mass is 10.3. The van der Waals surface area contributed by atoms with Crippen LogP contribution in [0.15, 0.2) is 42.6 Å². The van der Waals surface area contributed by atoms with Crippen molar-refractivity contribution in [2.45, 2.75) is 6.54 Å². The number of hydrogen-bond donors (Lipinski definition) is 2. The predicted octanol–water partition coefficient (Wildman–Crippen LogP) is 2.28. The van der Waals surface area contributed by atoms with E-state index >= 15 is 0 Å². The van der Waals surface area contributed by atoms with E-state index in [2.05, 4.69) is 10.3 Å². The number of rotatable bonds is 4. The normalized spacial score (nSPS) is 9.94. The van der Waals surface area contributed by atoms with Crippen LogP contribution in [0.4, 0.5) is 11.4 Å². The molecule has 4 nitrogen and oxygen atoms in total. The minimum absolute atomic E-state index is 0.673. The number of nitrogens with one attached hydrogen (secondary N) is 1. The van der Waals surface area contributed by atoms with Crippen molar-refractivity contribution in [2.75, 3.05) is 18.2 Å². The van der Waals surface area contributed by atoms with E-state index in [9.17, 15) is 0 Å². The number of nitrogen functional groups attached to an aromatic ring is 1. The van der Waals surface area contributed by atoms with Crippen molar-refractivity contribution in [3.05, 3.63) is 48.3 Å². The Morgan fingerprint density at radius 3 is 2.53 bits per heavy atom. The Hall–Kier alpha value is -2.23. The first kappa shape index (κ1) is 11.3. The highest BCUT2D eigenvalue weighted by Gasteiger charge is 1.96. The van der Waals surface area contributed by atoms with Crippen molar-refractivity contribution in [3.8, 4) is 5.75 Å². The fourth-order valence-corrected chi connectivity index (χ4v) is 1.44. The lowest BCUT2D eigenvalue weighted by Crippen LogP contribution is -2.01. The van der Waals surface area contributed by atoms with Gasteiger partial charge in [0.1, 0.15) is 5.75 Å². The molecule has 17 heavy (non-hydrogen) atoms. The van der Waals surface area contributed by atoms with E-state index in [-0.39, 0.29) is 0 Å². The van der Waals surface area contributed by atoms with Gasteiger partial charge in [-0.05, 0) is 36.4 Å². The average Bonchev–Trinajstić information content (AvgIpc) is 2.39. The Morgan fingerprint density at radius 2 is 1.94 bits per heavy atom. The van der Waals surface area contributed by atoms with Crippen LogP contribution >= 0.6 is 0 Å². The van der Waals surface area contributed by atoms with Gasteiger partial charge in [0.25, 0.3) is 0 Å². The molecule has 0 aliphatic rings. The topological polar surface area (TPSA) is 60.2 Å². The molecule has 0 aliphatic heterocycles. The maximum atomic E-state index is 5.57.